The molecule has 2 heterocycles. The molecule has 0 saturated carbocycles. The first-order valence-electron chi connectivity index (χ1n) is 9.72. The van der Waals surface area contributed by atoms with E-state index in [0.29, 0.717) is 32.9 Å². The number of amides is 1. The highest BCUT2D eigenvalue weighted by Crippen LogP contribution is 2.34. The number of nitrogens with two attached hydrogens (primary N) is 1. The molecular formula is C22H20N6O3S2. The fraction of sp³-hybridized carbons (Fsp3) is 0.0909. The van der Waals surface area contributed by atoms with Crippen LogP contribution in [0.3, 0.4) is 0 Å². The number of ether oxygens (including phenoxy) is 2. The number of hydrogen-bond acceptors (Lipinski definition) is 9. The summed E-state index contributed by atoms with van der Waals surface area (Å²) in [5.41, 5.74) is 3.99. The lowest BCUT2D eigenvalue weighted by molar-refractivity contribution is -0.118. The number of anilines is 1. The molecule has 1 aliphatic rings. The van der Waals surface area contributed by atoms with Crippen LogP contribution in [-0.4, -0.2) is 35.5 Å². The maximum Gasteiger partial charge on any atom is 0.250 e. The lowest BCUT2D eigenvalue weighted by Crippen LogP contribution is -2.31. The molecule has 0 saturated heterocycles. The van der Waals surface area contributed by atoms with E-state index in [1.807, 2.05) is 47.8 Å². The van der Waals surface area contributed by atoms with Crippen molar-refractivity contribution in [1.29, 1.82) is 0 Å². The van der Waals surface area contributed by atoms with Gasteiger partial charge in [-0.05, 0) is 30.3 Å². The van der Waals surface area contributed by atoms with E-state index in [1.54, 1.807) is 17.2 Å². The Kier molecular flexibility index (Phi) is 7.22. The topological polar surface area (TPSA) is 114 Å². The van der Waals surface area contributed by atoms with Crippen LogP contribution in [0, 0.1) is 0 Å². The second kappa shape index (κ2) is 10.7. The van der Waals surface area contributed by atoms with Gasteiger partial charge in [-0.2, -0.15) is 10.2 Å². The first-order valence-corrected chi connectivity index (χ1v) is 11.6. The Morgan fingerprint density at radius 2 is 2.09 bits per heavy atom. The van der Waals surface area contributed by atoms with Crippen LogP contribution in [0.15, 0.2) is 81.9 Å². The number of aromatic nitrogens is 1. The number of nitrogens with zero attached hydrogens (tertiary/aromatic N) is 4. The largest absolute Gasteiger partial charge is 0.454 e. The average molecular weight is 481 g/mol. The number of hydrazone groups is 2. The Labute approximate surface area is 198 Å². The van der Waals surface area contributed by atoms with Crippen LogP contribution in [0.5, 0.6) is 11.5 Å². The van der Waals surface area contributed by atoms with Gasteiger partial charge in [-0.1, -0.05) is 36.5 Å². The van der Waals surface area contributed by atoms with Crippen LogP contribution in [0.1, 0.15) is 10.6 Å². The normalized spacial score (nSPS) is 12.7. The first-order chi connectivity index (χ1) is 16.2. The van der Waals surface area contributed by atoms with Gasteiger partial charge in [-0.15, -0.1) is 11.3 Å². The molecule has 4 rings (SSSR count). The smallest absolute Gasteiger partial charge is 0.250 e. The predicted octanol–water partition coefficient (Wildman–Crippen LogP) is 3.35. The van der Waals surface area contributed by atoms with Gasteiger partial charge in [0.1, 0.15) is 5.01 Å². The van der Waals surface area contributed by atoms with Gasteiger partial charge >= 0.3 is 0 Å². The number of thioether (sulfide) groups is 1. The van der Waals surface area contributed by atoms with Gasteiger partial charge in [-0.25, -0.2) is 10.4 Å². The Morgan fingerprint density at radius 3 is 2.85 bits per heavy atom. The van der Waals surface area contributed by atoms with Crippen LogP contribution in [0.25, 0.3) is 0 Å². The molecule has 0 unspecified atom stereocenters. The summed E-state index contributed by atoms with van der Waals surface area (Å²) in [7, 11) is 0. The molecule has 168 valence electrons. The number of carbonyl (C=O) groups excluding carboxylic acids is 1. The summed E-state index contributed by atoms with van der Waals surface area (Å²) in [4.78, 5) is 18.1. The molecule has 1 amide bonds. The second-order valence-corrected chi connectivity index (χ2v) is 8.51. The summed E-state index contributed by atoms with van der Waals surface area (Å²) in [6.07, 6.45) is 3.17. The zero-order valence-electron chi connectivity index (χ0n) is 17.4. The molecular weight excluding hydrogens is 460 g/mol. The van der Waals surface area contributed by atoms with Crippen molar-refractivity contribution in [2.24, 2.45) is 16.0 Å². The SMILES string of the molecule is C=C(SCC(=O)N/N=C/c1nccs1)N(/C(=N\N)c1ccc2c(c1)OCO2)c1ccccc1. The zero-order valence-corrected chi connectivity index (χ0v) is 19.0. The standard InChI is InChI=1S/C22H20N6O3S2/c1-15(33-13-20(29)27-25-12-21-24-9-10-32-21)28(17-5-3-2-4-6-17)22(26-23)16-7-8-18-19(11-16)31-14-30-18/h2-12H,1,13-14,23H2,(H,27,29)/b25-12+,26-22-. The number of carbonyl (C=O) groups is 1. The second-order valence-electron chi connectivity index (χ2n) is 6.54. The van der Waals surface area contributed by atoms with Crippen LogP contribution < -0.4 is 25.6 Å². The van der Waals surface area contributed by atoms with Gasteiger partial charge in [0.25, 0.3) is 0 Å². The number of fused-ring (bicyclic) bond motifs is 1. The molecule has 0 atom stereocenters. The van der Waals surface area contributed by atoms with Gasteiger partial charge in [0, 0.05) is 22.8 Å². The third-order valence-electron chi connectivity index (χ3n) is 4.41. The summed E-state index contributed by atoms with van der Waals surface area (Å²) in [5, 5.41) is 11.0. The van der Waals surface area contributed by atoms with E-state index < -0.39 is 0 Å². The number of hydrogen-bond donors (Lipinski definition) is 2. The van der Waals surface area contributed by atoms with E-state index in [2.05, 4.69) is 27.2 Å². The fourth-order valence-corrected chi connectivity index (χ4v) is 4.14. The molecule has 3 N–H and O–H groups in total. The van der Waals surface area contributed by atoms with Gasteiger partial charge in [0.05, 0.1) is 17.0 Å². The van der Waals surface area contributed by atoms with Crippen molar-refractivity contribution in [3.05, 3.63) is 82.3 Å². The molecule has 1 aliphatic heterocycles. The monoisotopic (exact) mass is 480 g/mol. The van der Waals surface area contributed by atoms with Crippen molar-refractivity contribution < 1.29 is 14.3 Å². The highest BCUT2D eigenvalue weighted by Gasteiger charge is 2.23. The molecule has 0 spiro atoms. The Balaban J connectivity index is 1.49. The summed E-state index contributed by atoms with van der Waals surface area (Å²) in [5.74, 6) is 7.34. The van der Waals surface area contributed by atoms with Crippen LogP contribution in [0.2, 0.25) is 0 Å². The molecule has 9 nitrogen and oxygen atoms in total. The van der Waals surface area contributed by atoms with E-state index >= 15 is 0 Å². The summed E-state index contributed by atoms with van der Waals surface area (Å²) >= 11 is 2.67. The van der Waals surface area contributed by atoms with Crippen molar-refractivity contribution in [1.82, 2.24) is 10.4 Å². The third kappa shape index (κ3) is 5.51. The summed E-state index contributed by atoms with van der Waals surface area (Å²) in [6, 6.07) is 15.0. The molecule has 2 aromatic carbocycles. The van der Waals surface area contributed by atoms with E-state index in [4.69, 9.17) is 15.3 Å². The van der Waals surface area contributed by atoms with Crippen molar-refractivity contribution in [3.63, 3.8) is 0 Å². The molecule has 0 radical (unpaired) electrons. The van der Waals surface area contributed by atoms with E-state index in [-0.39, 0.29) is 18.5 Å². The maximum absolute atomic E-state index is 12.3. The lowest BCUT2D eigenvalue weighted by atomic mass is 10.1. The van der Waals surface area contributed by atoms with Crippen molar-refractivity contribution in [2.75, 3.05) is 17.4 Å². The van der Waals surface area contributed by atoms with E-state index in [9.17, 15) is 4.79 Å². The molecule has 3 aromatic rings. The summed E-state index contributed by atoms with van der Waals surface area (Å²) in [6.45, 7) is 4.33. The zero-order chi connectivity index (χ0) is 23.0. The summed E-state index contributed by atoms with van der Waals surface area (Å²) < 4.78 is 10.9. The first kappa shape index (κ1) is 22.4. The fourth-order valence-electron chi connectivity index (χ4n) is 2.96. The minimum atomic E-state index is -0.281. The van der Waals surface area contributed by atoms with E-state index in [0.717, 1.165) is 5.69 Å². The quantitative estimate of drug-likeness (QED) is 0.220. The maximum atomic E-state index is 12.3. The number of benzene rings is 2. The number of nitrogens with one attached hydrogen (secondary N) is 1. The van der Waals surface area contributed by atoms with Crippen molar-refractivity contribution in [3.8, 4) is 11.5 Å². The molecule has 11 heteroatoms. The molecule has 0 fully saturated rings. The highest BCUT2D eigenvalue weighted by molar-refractivity contribution is 8.03. The number of rotatable bonds is 8. The number of thiazole rings is 1. The van der Waals surface area contributed by atoms with Crippen LogP contribution in [0.4, 0.5) is 5.69 Å². The van der Waals surface area contributed by atoms with Crippen molar-refractivity contribution in [2.45, 2.75) is 0 Å². The van der Waals surface area contributed by atoms with Gasteiger partial charge in [0.15, 0.2) is 17.3 Å². The minimum Gasteiger partial charge on any atom is -0.454 e. The van der Waals surface area contributed by atoms with Gasteiger partial charge < -0.3 is 15.3 Å². The van der Waals surface area contributed by atoms with Gasteiger partial charge in [-0.3, -0.25) is 9.69 Å². The van der Waals surface area contributed by atoms with E-state index in [1.165, 1.54) is 29.3 Å². The number of para-hydroxylation sites is 1. The predicted molar refractivity (Wildman–Crippen MR) is 132 cm³/mol. The molecule has 1 aromatic heterocycles. The molecule has 0 bridgehead atoms. The lowest BCUT2D eigenvalue weighted by Gasteiger charge is -2.27. The average Bonchev–Trinajstić information content (AvgIpc) is 3.53. The molecule has 33 heavy (non-hydrogen) atoms. The Hall–Kier alpha value is -3.83. The number of amidine groups is 1. The minimum absolute atomic E-state index is 0.0936. The highest BCUT2D eigenvalue weighted by atomic mass is 32.2. The van der Waals surface area contributed by atoms with Crippen molar-refractivity contribution >= 4 is 46.7 Å². The van der Waals surface area contributed by atoms with Crippen LogP contribution >= 0.6 is 23.1 Å². The molecule has 0 aliphatic carbocycles. The van der Waals surface area contributed by atoms with Crippen LogP contribution in [-0.2, 0) is 4.79 Å². The van der Waals surface area contributed by atoms with Gasteiger partial charge in [0.2, 0.25) is 12.7 Å². The third-order valence-corrected chi connectivity index (χ3v) is 6.05. The Morgan fingerprint density at radius 1 is 1.27 bits per heavy atom. The Bertz CT molecular complexity index is 1180.